The normalized spacial score (nSPS) is 26.1. The Kier molecular flexibility index (Phi) is 5.56. The number of rotatable bonds is 4. The first kappa shape index (κ1) is 21.1. The molecule has 10 nitrogen and oxygen atoms in total. The van der Waals surface area contributed by atoms with Gasteiger partial charge < -0.3 is 44.5 Å². The summed E-state index contributed by atoms with van der Waals surface area (Å²) < 4.78 is 16.2. The van der Waals surface area contributed by atoms with E-state index < -0.39 is 54.2 Å². The lowest BCUT2D eigenvalue weighted by Crippen LogP contribution is -2.60. The lowest BCUT2D eigenvalue weighted by Gasteiger charge is -2.39. The molecule has 0 radical (unpaired) electrons. The molecule has 1 aliphatic rings. The molecule has 0 aliphatic carbocycles. The molecule has 164 valence electrons. The van der Waals surface area contributed by atoms with Gasteiger partial charge in [-0.1, -0.05) is 12.1 Å². The molecule has 1 aliphatic heterocycles. The third kappa shape index (κ3) is 3.82. The second-order valence-corrected chi connectivity index (χ2v) is 7.16. The van der Waals surface area contributed by atoms with Gasteiger partial charge in [0.05, 0.1) is 17.6 Å². The van der Waals surface area contributed by atoms with Gasteiger partial charge in [-0.15, -0.1) is 0 Å². The van der Waals surface area contributed by atoms with Crippen LogP contribution in [0.3, 0.4) is 0 Å². The van der Waals surface area contributed by atoms with Crippen LogP contribution in [-0.4, -0.2) is 68.0 Å². The summed E-state index contributed by atoms with van der Waals surface area (Å²) in [6, 6.07) is 8.36. The first-order valence-electron chi connectivity index (χ1n) is 9.35. The predicted molar refractivity (Wildman–Crippen MR) is 106 cm³/mol. The van der Waals surface area contributed by atoms with E-state index in [2.05, 4.69) is 0 Å². The summed E-state index contributed by atoms with van der Waals surface area (Å²) in [7, 11) is 0. The average Bonchev–Trinajstić information content (AvgIpc) is 2.76. The number of aliphatic hydroxyl groups excluding tert-OH is 4. The van der Waals surface area contributed by atoms with E-state index in [-0.39, 0.29) is 22.3 Å². The molecule has 4 rings (SSSR count). The fourth-order valence-electron chi connectivity index (χ4n) is 3.36. The lowest BCUT2D eigenvalue weighted by atomic mass is 9.99. The molecular weight excluding hydrogens is 412 g/mol. The van der Waals surface area contributed by atoms with Crippen molar-refractivity contribution in [1.82, 2.24) is 0 Å². The Balaban J connectivity index is 1.58. The van der Waals surface area contributed by atoms with E-state index in [0.29, 0.717) is 5.56 Å². The zero-order chi connectivity index (χ0) is 22.3. The van der Waals surface area contributed by atoms with E-state index in [1.54, 1.807) is 12.1 Å². The number of phenols is 2. The van der Waals surface area contributed by atoms with Crippen molar-refractivity contribution in [2.24, 2.45) is 0 Å². The van der Waals surface area contributed by atoms with Crippen molar-refractivity contribution in [3.63, 3.8) is 0 Å². The maximum atomic E-state index is 12.8. The Hall–Kier alpha value is -3.15. The minimum absolute atomic E-state index is 0.0921. The SMILES string of the molecule is O=c1c(-c2ccc(OC3OC(CO)C(O)C(O)C3O)cc2)coc2cc(O)c(O)cc12. The van der Waals surface area contributed by atoms with Crippen LogP contribution in [0.15, 0.2) is 51.9 Å². The monoisotopic (exact) mass is 432 g/mol. The Labute approximate surface area is 174 Å². The molecule has 2 heterocycles. The molecule has 5 atom stereocenters. The van der Waals surface area contributed by atoms with Gasteiger partial charge in [-0.05, 0) is 23.8 Å². The quantitative estimate of drug-likeness (QED) is 0.310. The van der Waals surface area contributed by atoms with E-state index in [9.17, 15) is 35.4 Å². The second-order valence-electron chi connectivity index (χ2n) is 7.16. The molecule has 5 unspecified atom stereocenters. The highest BCUT2D eigenvalue weighted by Crippen LogP contribution is 2.31. The van der Waals surface area contributed by atoms with Crippen molar-refractivity contribution >= 4 is 11.0 Å². The zero-order valence-corrected chi connectivity index (χ0v) is 16.0. The van der Waals surface area contributed by atoms with Crippen LogP contribution in [0.1, 0.15) is 0 Å². The maximum absolute atomic E-state index is 12.8. The number of hydrogen-bond donors (Lipinski definition) is 6. The first-order chi connectivity index (χ1) is 14.8. The van der Waals surface area contributed by atoms with Gasteiger partial charge in [0.2, 0.25) is 11.7 Å². The molecule has 6 N–H and O–H groups in total. The molecule has 31 heavy (non-hydrogen) atoms. The lowest BCUT2D eigenvalue weighted by molar-refractivity contribution is -0.277. The number of ether oxygens (including phenoxy) is 2. The van der Waals surface area contributed by atoms with Crippen LogP contribution in [0.2, 0.25) is 0 Å². The minimum atomic E-state index is -1.56. The molecule has 0 bridgehead atoms. The molecule has 3 aromatic rings. The van der Waals surface area contributed by atoms with Gasteiger partial charge in [0.15, 0.2) is 11.5 Å². The molecule has 1 saturated heterocycles. The Morgan fingerprint density at radius 2 is 1.61 bits per heavy atom. The van der Waals surface area contributed by atoms with Gasteiger partial charge in [-0.2, -0.15) is 0 Å². The van der Waals surface area contributed by atoms with Crippen molar-refractivity contribution in [3.8, 4) is 28.4 Å². The zero-order valence-electron chi connectivity index (χ0n) is 16.0. The number of hydrogen-bond acceptors (Lipinski definition) is 10. The van der Waals surface area contributed by atoms with Gasteiger partial charge in [0.1, 0.15) is 42.0 Å². The fourth-order valence-corrected chi connectivity index (χ4v) is 3.36. The smallest absolute Gasteiger partial charge is 0.229 e. The summed E-state index contributed by atoms with van der Waals surface area (Å²) in [6.07, 6.45) is -5.80. The number of aliphatic hydroxyl groups is 4. The highest BCUT2D eigenvalue weighted by molar-refractivity contribution is 5.84. The van der Waals surface area contributed by atoms with Crippen LogP contribution >= 0.6 is 0 Å². The molecule has 0 saturated carbocycles. The number of fused-ring (bicyclic) bond motifs is 1. The molecule has 10 heteroatoms. The summed E-state index contributed by atoms with van der Waals surface area (Å²) in [5, 5.41) is 58.3. The van der Waals surface area contributed by atoms with Crippen molar-refractivity contribution in [1.29, 1.82) is 0 Å². The van der Waals surface area contributed by atoms with Gasteiger partial charge in [0.25, 0.3) is 0 Å². The molecule has 0 spiro atoms. The summed E-state index contributed by atoms with van der Waals surface area (Å²) in [5.41, 5.74) is 0.382. The van der Waals surface area contributed by atoms with Crippen LogP contribution in [0, 0.1) is 0 Å². The van der Waals surface area contributed by atoms with E-state index >= 15 is 0 Å². The van der Waals surface area contributed by atoms with Gasteiger partial charge in [-0.3, -0.25) is 4.79 Å². The highest BCUT2D eigenvalue weighted by atomic mass is 16.7. The minimum Gasteiger partial charge on any atom is -0.504 e. The van der Waals surface area contributed by atoms with E-state index in [1.807, 2.05) is 0 Å². The summed E-state index contributed by atoms with van der Waals surface area (Å²) in [5.74, 6) is -0.612. The summed E-state index contributed by atoms with van der Waals surface area (Å²) >= 11 is 0. The molecule has 2 aromatic carbocycles. The van der Waals surface area contributed by atoms with Crippen molar-refractivity contribution in [2.45, 2.75) is 30.7 Å². The van der Waals surface area contributed by atoms with Crippen molar-refractivity contribution < 1.29 is 44.5 Å². The predicted octanol–water partition coefficient (Wildman–Crippen LogP) is 0.0499. The van der Waals surface area contributed by atoms with E-state index in [0.717, 1.165) is 12.1 Å². The molecular formula is C21H20O10. The fraction of sp³-hybridized carbons (Fsp3) is 0.286. The van der Waals surface area contributed by atoms with Crippen LogP contribution in [0.5, 0.6) is 17.2 Å². The van der Waals surface area contributed by atoms with Crippen LogP contribution < -0.4 is 10.2 Å². The third-order valence-corrected chi connectivity index (χ3v) is 5.14. The average molecular weight is 432 g/mol. The van der Waals surface area contributed by atoms with E-state index in [4.69, 9.17) is 13.9 Å². The Morgan fingerprint density at radius 1 is 0.935 bits per heavy atom. The Morgan fingerprint density at radius 3 is 2.29 bits per heavy atom. The highest BCUT2D eigenvalue weighted by Gasteiger charge is 2.44. The van der Waals surface area contributed by atoms with E-state index in [1.165, 1.54) is 18.4 Å². The van der Waals surface area contributed by atoms with Gasteiger partial charge >= 0.3 is 0 Å². The van der Waals surface area contributed by atoms with Gasteiger partial charge in [-0.25, -0.2) is 0 Å². The number of phenolic OH excluding ortho intramolecular Hbond substituents is 2. The number of benzene rings is 2. The Bertz CT molecular complexity index is 1140. The largest absolute Gasteiger partial charge is 0.504 e. The van der Waals surface area contributed by atoms with Gasteiger partial charge in [0, 0.05) is 6.07 Å². The number of aromatic hydroxyl groups is 2. The standard InChI is InChI=1S/C21H20O10/c22-7-16-18(26)19(27)20(28)21(31-16)30-10-3-1-9(2-4-10)12-8-29-15-6-14(24)13(23)5-11(15)17(12)25/h1-6,8,16,18-24,26-28H,7H2. The molecule has 1 fully saturated rings. The van der Waals surface area contributed by atoms with Crippen LogP contribution in [0.4, 0.5) is 0 Å². The van der Waals surface area contributed by atoms with Crippen LogP contribution in [0.25, 0.3) is 22.1 Å². The topological polar surface area (TPSA) is 170 Å². The molecule has 0 amide bonds. The summed E-state index contributed by atoms with van der Waals surface area (Å²) in [4.78, 5) is 12.8. The van der Waals surface area contributed by atoms with Crippen molar-refractivity contribution in [3.05, 3.63) is 52.9 Å². The maximum Gasteiger partial charge on any atom is 0.229 e. The van der Waals surface area contributed by atoms with Crippen molar-refractivity contribution in [2.75, 3.05) is 6.61 Å². The second kappa shape index (κ2) is 8.17. The van der Waals surface area contributed by atoms with Crippen LogP contribution in [-0.2, 0) is 4.74 Å². The molecule has 1 aromatic heterocycles. The first-order valence-corrected chi connectivity index (χ1v) is 9.35. The third-order valence-electron chi connectivity index (χ3n) is 5.14. The summed E-state index contributed by atoms with van der Waals surface area (Å²) in [6.45, 7) is -0.575.